The summed E-state index contributed by atoms with van der Waals surface area (Å²) in [6, 6.07) is 8.11. The van der Waals surface area contributed by atoms with Crippen LogP contribution in [0.3, 0.4) is 0 Å². The zero-order valence-corrected chi connectivity index (χ0v) is 14.9. The third-order valence-corrected chi connectivity index (χ3v) is 5.22. The molecular formula is C16H20N4OS2. The molecule has 2 aromatic rings. The molecule has 0 fully saturated rings. The van der Waals surface area contributed by atoms with Gasteiger partial charge >= 0.3 is 0 Å². The first-order valence-corrected chi connectivity index (χ1v) is 9.00. The number of aromatic nitrogens is 2. The summed E-state index contributed by atoms with van der Waals surface area (Å²) >= 11 is 2.86. The van der Waals surface area contributed by atoms with Gasteiger partial charge in [0.25, 0.3) is 0 Å². The summed E-state index contributed by atoms with van der Waals surface area (Å²) in [5, 5.41) is 11.9. The molecule has 5 nitrogen and oxygen atoms in total. The third-order valence-electron chi connectivity index (χ3n) is 3.22. The van der Waals surface area contributed by atoms with E-state index in [-0.39, 0.29) is 5.91 Å². The lowest BCUT2D eigenvalue weighted by molar-refractivity contribution is -0.127. The summed E-state index contributed by atoms with van der Waals surface area (Å²) in [6.45, 7) is 6.97. The molecule has 0 bridgehead atoms. The molecule has 0 unspecified atom stereocenters. The van der Waals surface area contributed by atoms with E-state index in [1.165, 1.54) is 34.2 Å². The van der Waals surface area contributed by atoms with Gasteiger partial charge in [-0.3, -0.25) is 4.79 Å². The first kappa shape index (κ1) is 17.5. The fourth-order valence-corrected chi connectivity index (χ4v) is 3.56. The Labute approximate surface area is 144 Å². The van der Waals surface area contributed by atoms with Crippen LogP contribution in [0.5, 0.6) is 0 Å². The highest BCUT2D eigenvalue weighted by Crippen LogP contribution is 2.25. The maximum atomic E-state index is 12.2. The zero-order valence-electron chi connectivity index (χ0n) is 13.3. The highest BCUT2D eigenvalue weighted by molar-refractivity contribution is 8.01. The van der Waals surface area contributed by atoms with E-state index in [4.69, 9.17) is 0 Å². The number of carbonyl (C=O) groups excluding carboxylic acids is 1. The Balaban J connectivity index is 1.83. The largest absolute Gasteiger partial charge is 0.357 e. The molecule has 0 spiro atoms. The van der Waals surface area contributed by atoms with Gasteiger partial charge in [-0.25, -0.2) is 0 Å². The first-order chi connectivity index (χ1) is 11.1. The van der Waals surface area contributed by atoms with Crippen LogP contribution in [0, 0.1) is 6.92 Å². The van der Waals surface area contributed by atoms with Crippen LogP contribution in [0.15, 0.2) is 41.3 Å². The molecule has 0 saturated heterocycles. The van der Waals surface area contributed by atoms with Crippen LogP contribution in [-0.2, 0) is 11.3 Å². The Kier molecular flexibility index (Phi) is 6.61. The number of hydrogen-bond donors (Lipinski definition) is 1. The monoisotopic (exact) mass is 348 g/mol. The standard InChI is InChI=1S/C16H20N4OS2/c1-4-9-17-15-18-19-16(23-15)22-11-14(21)20(3)10-13-8-6-5-7-12(13)2/h4-8H,1,9-11H2,2-3H3,(H,17,18). The van der Waals surface area contributed by atoms with Gasteiger partial charge in [0.1, 0.15) is 0 Å². The van der Waals surface area contributed by atoms with Crippen LogP contribution in [0.2, 0.25) is 0 Å². The molecule has 0 radical (unpaired) electrons. The highest BCUT2D eigenvalue weighted by atomic mass is 32.2. The Morgan fingerprint density at radius 3 is 2.96 bits per heavy atom. The molecule has 0 atom stereocenters. The molecule has 1 aromatic heterocycles. The summed E-state index contributed by atoms with van der Waals surface area (Å²) in [4.78, 5) is 14.0. The van der Waals surface area contributed by atoms with Crippen LogP contribution in [0.4, 0.5) is 5.13 Å². The summed E-state index contributed by atoms with van der Waals surface area (Å²) in [7, 11) is 1.83. The second-order valence-electron chi connectivity index (χ2n) is 5.01. The van der Waals surface area contributed by atoms with E-state index >= 15 is 0 Å². The topological polar surface area (TPSA) is 58.1 Å². The Morgan fingerprint density at radius 2 is 2.22 bits per heavy atom. The molecule has 7 heteroatoms. The molecule has 1 aromatic carbocycles. The average Bonchev–Trinajstić information content (AvgIpc) is 3.00. The molecule has 0 aliphatic carbocycles. The molecule has 122 valence electrons. The second-order valence-corrected chi connectivity index (χ2v) is 7.21. The third kappa shape index (κ3) is 5.37. The van der Waals surface area contributed by atoms with E-state index in [0.29, 0.717) is 18.8 Å². The lowest BCUT2D eigenvalue weighted by Gasteiger charge is -2.18. The van der Waals surface area contributed by atoms with Crippen molar-refractivity contribution in [1.82, 2.24) is 15.1 Å². The van der Waals surface area contributed by atoms with E-state index in [9.17, 15) is 4.79 Å². The van der Waals surface area contributed by atoms with Crippen molar-refractivity contribution in [3.05, 3.63) is 48.0 Å². The van der Waals surface area contributed by atoms with Gasteiger partial charge in [-0.2, -0.15) is 0 Å². The summed E-state index contributed by atoms with van der Waals surface area (Å²) in [5.74, 6) is 0.437. The van der Waals surface area contributed by atoms with Gasteiger partial charge in [0, 0.05) is 20.1 Å². The second kappa shape index (κ2) is 8.69. The first-order valence-electron chi connectivity index (χ1n) is 7.19. The van der Waals surface area contributed by atoms with Crippen LogP contribution in [-0.4, -0.2) is 40.3 Å². The molecular weight excluding hydrogens is 328 g/mol. The minimum atomic E-state index is 0.0778. The molecule has 1 amide bonds. The minimum absolute atomic E-state index is 0.0778. The number of anilines is 1. The lowest BCUT2D eigenvalue weighted by atomic mass is 10.1. The quantitative estimate of drug-likeness (QED) is 0.586. The van der Waals surface area contributed by atoms with Gasteiger partial charge in [-0.05, 0) is 18.1 Å². The molecule has 0 aliphatic rings. The van der Waals surface area contributed by atoms with Crippen molar-refractivity contribution in [3.8, 4) is 0 Å². The van der Waals surface area contributed by atoms with Gasteiger partial charge in [0.05, 0.1) is 5.75 Å². The van der Waals surface area contributed by atoms with Gasteiger partial charge in [-0.15, -0.1) is 16.8 Å². The molecule has 2 rings (SSSR count). The predicted octanol–water partition coefficient (Wildman–Crippen LogP) is 3.20. The Morgan fingerprint density at radius 1 is 1.43 bits per heavy atom. The van der Waals surface area contributed by atoms with Gasteiger partial charge in [0.15, 0.2) is 4.34 Å². The number of aryl methyl sites for hydroxylation is 1. The van der Waals surface area contributed by atoms with Crippen molar-refractivity contribution in [3.63, 3.8) is 0 Å². The fraction of sp³-hybridized carbons (Fsp3) is 0.312. The molecule has 0 aliphatic heterocycles. The molecule has 1 N–H and O–H groups in total. The van der Waals surface area contributed by atoms with Crippen LogP contribution >= 0.6 is 23.1 Å². The SMILES string of the molecule is C=CCNc1nnc(SCC(=O)N(C)Cc2ccccc2C)s1. The number of thioether (sulfide) groups is 1. The molecule has 23 heavy (non-hydrogen) atoms. The maximum Gasteiger partial charge on any atom is 0.233 e. The molecule has 1 heterocycles. The normalized spacial score (nSPS) is 10.3. The van der Waals surface area contributed by atoms with Crippen molar-refractivity contribution in [2.24, 2.45) is 0 Å². The predicted molar refractivity (Wildman–Crippen MR) is 97.0 cm³/mol. The van der Waals surface area contributed by atoms with Crippen molar-refractivity contribution >= 4 is 34.1 Å². The van der Waals surface area contributed by atoms with Crippen molar-refractivity contribution in [2.45, 2.75) is 17.8 Å². The van der Waals surface area contributed by atoms with E-state index < -0.39 is 0 Å². The minimum Gasteiger partial charge on any atom is -0.357 e. The highest BCUT2D eigenvalue weighted by Gasteiger charge is 2.13. The van der Waals surface area contributed by atoms with Gasteiger partial charge in [0.2, 0.25) is 11.0 Å². The zero-order chi connectivity index (χ0) is 16.7. The van der Waals surface area contributed by atoms with Crippen LogP contribution in [0.25, 0.3) is 0 Å². The van der Waals surface area contributed by atoms with Crippen molar-refractivity contribution in [2.75, 3.05) is 24.7 Å². The number of rotatable bonds is 8. The number of nitrogens with zero attached hydrogens (tertiary/aromatic N) is 3. The van der Waals surface area contributed by atoms with Gasteiger partial charge in [-0.1, -0.05) is 53.4 Å². The fourth-order valence-electron chi connectivity index (χ4n) is 1.86. The van der Waals surface area contributed by atoms with Crippen molar-refractivity contribution < 1.29 is 4.79 Å². The molecule has 0 saturated carbocycles. The van der Waals surface area contributed by atoms with Crippen molar-refractivity contribution in [1.29, 1.82) is 0 Å². The number of hydrogen-bond acceptors (Lipinski definition) is 6. The summed E-state index contributed by atoms with van der Waals surface area (Å²) in [6.07, 6.45) is 1.76. The summed E-state index contributed by atoms with van der Waals surface area (Å²) < 4.78 is 0.786. The number of carbonyl (C=O) groups is 1. The van der Waals surface area contributed by atoms with Gasteiger partial charge < -0.3 is 10.2 Å². The van der Waals surface area contributed by atoms with E-state index in [1.807, 2.05) is 19.2 Å². The Bertz CT molecular complexity index is 672. The summed E-state index contributed by atoms with van der Waals surface area (Å²) in [5.41, 5.74) is 2.36. The van der Waals surface area contributed by atoms with Crippen LogP contribution < -0.4 is 5.32 Å². The van der Waals surface area contributed by atoms with E-state index in [2.05, 4.69) is 41.1 Å². The Hall–Kier alpha value is -1.86. The number of benzene rings is 1. The smallest absolute Gasteiger partial charge is 0.233 e. The van der Waals surface area contributed by atoms with E-state index in [0.717, 1.165) is 9.47 Å². The lowest BCUT2D eigenvalue weighted by Crippen LogP contribution is -2.28. The number of nitrogens with one attached hydrogen (secondary N) is 1. The van der Waals surface area contributed by atoms with Crippen LogP contribution in [0.1, 0.15) is 11.1 Å². The maximum absolute atomic E-state index is 12.2. The van der Waals surface area contributed by atoms with E-state index in [1.54, 1.807) is 11.0 Å². The number of amides is 1. The average molecular weight is 348 g/mol.